The van der Waals surface area contributed by atoms with Gasteiger partial charge < -0.3 is 10.2 Å². The van der Waals surface area contributed by atoms with Crippen molar-refractivity contribution in [2.75, 3.05) is 26.7 Å². The lowest BCUT2D eigenvalue weighted by Crippen LogP contribution is -2.32. The normalized spacial score (nSPS) is 22.3. The van der Waals surface area contributed by atoms with Crippen LogP contribution in [0, 0.1) is 19.8 Å². The van der Waals surface area contributed by atoms with Crippen LogP contribution in [0.2, 0.25) is 0 Å². The van der Waals surface area contributed by atoms with Gasteiger partial charge in [0.2, 0.25) is 0 Å². The zero-order valence-electron chi connectivity index (χ0n) is 12.2. The van der Waals surface area contributed by atoms with Crippen molar-refractivity contribution in [2.24, 2.45) is 5.92 Å². The first-order valence-corrected chi connectivity index (χ1v) is 7.06. The molecule has 1 aromatic carbocycles. The van der Waals surface area contributed by atoms with Crippen LogP contribution in [-0.2, 0) is 0 Å². The summed E-state index contributed by atoms with van der Waals surface area (Å²) in [6.45, 7) is 10.4. The van der Waals surface area contributed by atoms with Crippen LogP contribution in [0.1, 0.15) is 36.1 Å². The van der Waals surface area contributed by atoms with Gasteiger partial charge in [-0.3, -0.25) is 0 Å². The molecule has 0 aromatic heterocycles. The van der Waals surface area contributed by atoms with Crippen LogP contribution in [0.3, 0.4) is 0 Å². The Morgan fingerprint density at radius 2 is 1.94 bits per heavy atom. The molecule has 1 fully saturated rings. The number of likely N-dealkylation sites (N-methyl/N-ethyl adjacent to an activating group) is 1. The van der Waals surface area contributed by atoms with Crippen molar-refractivity contribution in [3.63, 3.8) is 0 Å². The van der Waals surface area contributed by atoms with E-state index in [1.54, 1.807) is 0 Å². The van der Waals surface area contributed by atoms with E-state index in [0.29, 0.717) is 6.04 Å². The van der Waals surface area contributed by atoms with Gasteiger partial charge in [-0.05, 0) is 45.3 Å². The standard InChI is InChI=1S/C16H26N2/c1-12-5-6-18(10-12)11-16(17-4)15-8-13(2)7-14(3)9-15/h7-9,12,16-17H,5-6,10-11H2,1-4H3. The highest BCUT2D eigenvalue weighted by molar-refractivity contribution is 5.30. The Labute approximate surface area is 111 Å². The summed E-state index contributed by atoms with van der Waals surface area (Å²) in [6.07, 6.45) is 1.35. The molecule has 0 aliphatic carbocycles. The molecule has 0 saturated carbocycles. The molecule has 1 N–H and O–H groups in total. The minimum absolute atomic E-state index is 0.453. The maximum Gasteiger partial charge on any atom is 0.0447 e. The molecular weight excluding hydrogens is 220 g/mol. The molecule has 18 heavy (non-hydrogen) atoms. The van der Waals surface area contributed by atoms with Crippen LogP contribution in [0.4, 0.5) is 0 Å². The predicted molar refractivity (Wildman–Crippen MR) is 77.9 cm³/mol. The second-order valence-electron chi connectivity index (χ2n) is 5.92. The van der Waals surface area contributed by atoms with E-state index in [1.165, 1.54) is 36.2 Å². The minimum atomic E-state index is 0.453. The quantitative estimate of drug-likeness (QED) is 0.879. The van der Waals surface area contributed by atoms with Crippen molar-refractivity contribution in [3.8, 4) is 0 Å². The average Bonchev–Trinajstić information content (AvgIpc) is 2.70. The van der Waals surface area contributed by atoms with E-state index in [2.05, 4.69) is 56.2 Å². The third-order valence-electron chi connectivity index (χ3n) is 3.94. The summed E-state index contributed by atoms with van der Waals surface area (Å²) >= 11 is 0. The van der Waals surface area contributed by atoms with Crippen LogP contribution in [0.15, 0.2) is 18.2 Å². The molecule has 2 heteroatoms. The number of nitrogens with one attached hydrogen (secondary N) is 1. The molecule has 0 bridgehead atoms. The third kappa shape index (κ3) is 3.33. The van der Waals surface area contributed by atoms with E-state index < -0.39 is 0 Å². The minimum Gasteiger partial charge on any atom is -0.312 e. The van der Waals surface area contributed by atoms with E-state index in [0.717, 1.165) is 12.5 Å². The fraction of sp³-hybridized carbons (Fsp3) is 0.625. The summed E-state index contributed by atoms with van der Waals surface area (Å²) in [6, 6.07) is 7.32. The number of hydrogen-bond acceptors (Lipinski definition) is 2. The number of likely N-dealkylation sites (tertiary alicyclic amines) is 1. The number of hydrogen-bond donors (Lipinski definition) is 1. The van der Waals surface area contributed by atoms with Crippen molar-refractivity contribution >= 4 is 0 Å². The Morgan fingerprint density at radius 3 is 2.44 bits per heavy atom. The van der Waals surface area contributed by atoms with E-state index in [4.69, 9.17) is 0 Å². The average molecular weight is 246 g/mol. The van der Waals surface area contributed by atoms with Gasteiger partial charge in [0.25, 0.3) is 0 Å². The fourth-order valence-corrected chi connectivity index (χ4v) is 3.02. The Hall–Kier alpha value is -0.860. The Balaban J connectivity index is 2.07. The van der Waals surface area contributed by atoms with Gasteiger partial charge in [-0.2, -0.15) is 0 Å². The van der Waals surface area contributed by atoms with E-state index in [-0.39, 0.29) is 0 Å². The molecule has 0 radical (unpaired) electrons. The smallest absolute Gasteiger partial charge is 0.0447 e. The number of rotatable bonds is 4. The summed E-state index contributed by atoms with van der Waals surface area (Å²) in [5, 5.41) is 3.47. The van der Waals surface area contributed by atoms with Crippen LogP contribution in [0.25, 0.3) is 0 Å². The molecule has 0 amide bonds. The monoisotopic (exact) mass is 246 g/mol. The van der Waals surface area contributed by atoms with Gasteiger partial charge in [0.15, 0.2) is 0 Å². The molecule has 2 rings (SSSR count). The topological polar surface area (TPSA) is 15.3 Å². The van der Waals surface area contributed by atoms with Crippen molar-refractivity contribution in [3.05, 3.63) is 34.9 Å². The summed E-state index contributed by atoms with van der Waals surface area (Å²) in [5.41, 5.74) is 4.15. The van der Waals surface area contributed by atoms with E-state index in [1.807, 2.05) is 0 Å². The number of benzene rings is 1. The molecular formula is C16H26N2. The second-order valence-corrected chi connectivity index (χ2v) is 5.92. The summed E-state index contributed by atoms with van der Waals surface area (Å²) in [4.78, 5) is 2.59. The summed E-state index contributed by atoms with van der Waals surface area (Å²) < 4.78 is 0. The largest absolute Gasteiger partial charge is 0.312 e. The predicted octanol–water partition coefficient (Wildman–Crippen LogP) is 2.91. The second kappa shape index (κ2) is 5.85. The molecule has 1 saturated heterocycles. The highest BCUT2D eigenvalue weighted by atomic mass is 15.2. The first-order chi connectivity index (χ1) is 8.58. The maximum absolute atomic E-state index is 3.47. The fourth-order valence-electron chi connectivity index (χ4n) is 3.02. The van der Waals surface area contributed by atoms with Gasteiger partial charge in [0, 0.05) is 19.1 Å². The SMILES string of the molecule is CNC(CN1CCC(C)C1)c1cc(C)cc(C)c1. The molecule has 1 aliphatic rings. The Bertz CT molecular complexity index is 380. The van der Waals surface area contributed by atoms with E-state index >= 15 is 0 Å². The zero-order chi connectivity index (χ0) is 13.1. The van der Waals surface area contributed by atoms with E-state index in [9.17, 15) is 0 Å². The molecule has 1 aliphatic heterocycles. The lowest BCUT2D eigenvalue weighted by molar-refractivity contribution is 0.291. The highest BCUT2D eigenvalue weighted by Crippen LogP contribution is 2.21. The van der Waals surface area contributed by atoms with Crippen molar-refractivity contribution in [1.82, 2.24) is 10.2 Å². The Kier molecular flexibility index (Phi) is 4.41. The van der Waals surface area contributed by atoms with Crippen molar-refractivity contribution < 1.29 is 0 Å². The van der Waals surface area contributed by atoms with Gasteiger partial charge in [-0.25, -0.2) is 0 Å². The van der Waals surface area contributed by atoms with Crippen molar-refractivity contribution in [1.29, 1.82) is 0 Å². The van der Waals surface area contributed by atoms with Crippen LogP contribution >= 0.6 is 0 Å². The lowest BCUT2D eigenvalue weighted by Gasteiger charge is -2.24. The van der Waals surface area contributed by atoms with Crippen LogP contribution in [-0.4, -0.2) is 31.6 Å². The number of aryl methyl sites for hydroxylation is 2. The summed E-state index contributed by atoms with van der Waals surface area (Å²) in [5.74, 6) is 0.863. The lowest BCUT2D eigenvalue weighted by atomic mass is 10.0. The Morgan fingerprint density at radius 1 is 1.28 bits per heavy atom. The first kappa shape index (κ1) is 13.6. The van der Waals surface area contributed by atoms with Gasteiger partial charge in [0.1, 0.15) is 0 Å². The number of nitrogens with zero attached hydrogens (tertiary/aromatic N) is 1. The van der Waals surface area contributed by atoms with Gasteiger partial charge in [0.05, 0.1) is 0 Å². The third-order valence-corrected chi connectivity index (χ3v) is 3.94. The molecule has 2 unspecified atom stereocenters. The zero-order valence-corrected chi connectivity index (χ0v) is 12.2. The van der Waals surface area contributed by atoms with Gasteiger partial charge >= 0.3 is 0 Å². The van der Waals surface area contributed by atoms with Crippen molar-refractivity contribution in [2.45, 2.75) is 33.2 Å². The molecule has 1 heterocycles. The molecule has 0 spiro atoms. The summed E-state index contributed by atoms with van der Waals surface area (Å²) in [7, 11) is 2.07. The van der Waals surface area contributed by atoms with Gasteiger partial charge in [-0.1, -0.05) is 36.2 Å². The van der Waals surface area contributed by atoms with Crippen LogP contribution < -0.4 is 5.32 Å². The molecule has 2 atom stereocenters. The first-order valence-electron chi connectivity index (χ1n) is 7.06. The molecule has 100 valence electrons. The molecule has 1 aromatic rings. The van der Waals surface area contributed by atoms with Gasteiger partial charge in [-0.15, -0.1) is 0 Å². The molecule has 2 nitrogen and oxygen atoms in total. The van der Waals surface area contributed by atoms with Crippen LogP contribution in [0.5, 0.6) is 0 Å². The maximum atomic E-state index is 3.47. The highest BCUT2D eigenvalue weighted by Gasteiger charge is 2.22.